The summed E-state index contributed by atoms with van der Waals surface area (Å²) in [5.74, 6) is -1.78. The first-order chi connectivity index (χ1) is 35.2. The molecule has 6 rings (SSSR count). The predicted molar refractivity (Wildman–Crippen MR) is 284 cm³/mol. The molecule has 4 amide bonds. The highest BCUT2D eigenvalue weighted by molar-refractivity contribution is 6.31. The van der Waals surface area contributed by atoms with Crippen molar-refractivity contribution in [1.82, 2.24) is 40.6 Å². The molecule has 0 unspecified atom stereocenters. The van der Waals surface area contributed by atoms with Gasteiger partial charge >= 0.3 is 12.1 Å². The number of aromatic nitrogens is 2. The Morgan fingerprint density at radius 1 is 0.892 bits per heavy atom. The highest BCUT2D eigenvalue weighted by atomic mass is 35.5. The summed E-state index contributed by atoms with van der Waals surface area (Å²) in [6.07, 6.45) is 2.19. The van der Waals surface area contributed by atoms with E-state index in [1.54, 1.807) is 56.0 Å². The minimum atomic E-state index is -1.44. The number of carbonyl (C=O) groups excluding carboxylic acids is 4. The van der Waals surface area contributed by atoms with Gasteiger partial charge in [0.05, 0.1) is 49.0 Å². The molecule has 17 nitrogen and oxygen atoms in total. The van der Waals surface area contributed by atoms with Gasteiger partial charge in [-0.15, -0.1) is 0 Å². The van der Waals surface area contributed by atoms with Gasteiger partial charge in [-0.05, 0) is 127 Å². The third-order valence-electron chi connectivity index (χ3n) is 12.5. The lowest BCUT2D eigenvalue weighted by Gasteiger charge is -2.45. The molecule has 2 heterocycles. The normalized spacial score (nSPS) is 15.9. The van der Waals surface area contributed by atoms with E-state index in [2.05, 4.69) is 31.2 Å². The third kappa shape index (κ3) is 16.8. The van der Waals surface area contributed by atoms with Crippen LogP contribution in [0, 0.1) is 5.92 Å². The number of carboxylic acid groups (broad SMARTS) is 1. The summed E-state index contributed by atoms with van der Waals surface area (Å²) >= 11 is 12.7. The van der Waals surface area contributed by atoms with Crippen molar-refractivity contribution in [3.8, 4) is 22.8 Å². The zero-order valence-corrected chi connectivity index (χ0v) is 44.3. The number of hydrogen-bond donors (Lipinski definition) is 6. The zero-order valence-electron chi connectivity index (χ0n) is 42.8. The van der Waals surface area contributed by atoms with E-state index in [0.29, 0.717) is 53.0 Å². The van der Waals surface area contributed by atoms with Crippen molar-refractivity contribution in [3.63, 3.8) is 0 Å². The lowest BCUT2D eigenvalue weighted by atomic mass is 9.82. The molecular formula is C55H68Cl2N8O9. The number of piperidine rings is 1. The van der Waals surface area contributed by atoms with Crippen molar-refractivity contribution in [1.29, 1.82) is 0 Å². The zero-order chi connectivity index (χ0) is 53.6. The highest BCUT2D eigenvalue weighted by Gasteiger charge is 2.42. The van der Waals surface area contributed by atoms with E-state index in [9.17, 15) is 34.2 Å². The Morgan fingerprint density at radius 3 is 2.26 bits per heavy atom. The van der Waals surface area contributed by atoms with E-state index in [1.807, 2.05) is 98.6 Å². The van der Waals surface area contributed by atoms with Crippen LogP contribution in [0.5, 0.6) is 11.5 Å². The molecule has 0 radical (unpaired) electrons. The van der Waals surface area contributed by atoms with Crippen molar-refractivity contribution in [2.45, 2.75) is 95.6 Å². The van der Waals surface area contributed by atoms with Crippen molar-refractivity contribution in [2.24, 2.45) is 13.0 Å². The van der Waals surface area contributed by atoms with Crippen LogP contribution in [0.25, 0.3) is 11.3 Å². The molecule has 396 valence electrons. The van der Waals surface area contributed by atoms with Gasteiger partial charge in [-0.3, -0.25) is 19.2 Å². The van der Waals surface area contributed by atoms with Crippen LogP contribution in [0.2, 0.25) is 10.0 Å². The van der Waals surface area contributed by atoms with Crippen LogP contribution >= 0.6 is 23.2 Å². The van der Waals surface area contributed by atoms with Crippen LogP contribution in [0.1, 0.15) is 69.0 Å². The van der Waals surface area contributed by atoms with E-state index in [1.165, 1.54) is 0 Å². The van der Waals surface area contributed by atoms with Gasteiger partial charge in [0.25, 0.3) is 0 Å². The monoisotopic (exact) mass is 1050 g/mol. The third-order valence-corrected chi connectivity index (χ3v) is 13.0. The van der Waals surface area contributed by atoms with Crippen LogP contribution in [-0.2, 0) is 56.9 Å². The number of nitrogens with one attached hydrogen (secondary N) is 4. The molecule has 0 spiro atoms. The van der Waals surface area contributed by atoms with Crippen LogP contribution in [-0.4, -0.2) is 123 Å². The van der Waals surface area contributed by atoms with Gasteiger partial charge in [0, 0.05) is 54.4 Å². The number of nitrogens with zero attached hydrogens (tertiary/aromatic N) is 4. The van der Waals surface area contributed by atoms with E-state index in [0.717, 1.165) is 28.2 Å². The minimum Gasteiger partial charge on any atom is -0.481 e. The summed E-state index contributed by atoms with van der Waals surface area (Å²) in [6, 6.07) is 26.5. The topological polar surface area (TPSA) is 217 Å². The number of carboxylic acids is 1. The van der Waals surface area contributed by atoms with Gasteiger partial charge in [-0.25, -0.2) is 9.78 Å². The number of hydrogen-bond acceptors (Lipinski definition) is 11. The molecule has 1 aromatic heterocycles. The summed E-state index contributed by atoms with van der Waals surface area (Å²) in [4.78, 5) is 76.1. The summed E-state index contributed by atoms with van der Waals surface area (Å²) in [7, 11) is 5.95. The molecule has 1 aliphatic rings. The standard InChI is InChI=1S/C55H68Cl2N8O9/c1-54(2,3)74-53(72)58-25-23-44(59-31-39-15-20-42(57)29-47(39)73-43-21-16-38(17-22-43)46-32-60-48(64(46)6)33-63(4)5)50(69)61-45(34-66)51(70)62-55(30-37-13-18-41(56)19-14-37)24-10-26-65(35-55)52(71)40(28-49(67)68)27-36-11-8-7-9-12-36/h7-9,11-22,29,32,40,44-45,59,66H,10,23-28,30-31,33-35H2,1-6H3,(H,58,72)(H,61,69)(H,62,70)(H,67,68)/t40-,44+,45+,55-/m1/s1. The van der Waals surface area contributed by atoms with Gasteiger partial charge < -0.3 is 55.3 Å². The molecule has 0 aliphatic carbocycles. The number of amides is 4. The Bertz CT molecular complexity index is 2700. The van der Waals surface area contributed by atoms with E-state index in [-0.39, 0.29) is 51.2 Å². The van der Waals surface area contributed by atoms with Crippen LogP contribution in [0.4, 0.5) is 4.79 Å². The first-order valence-corrected chi connectivity index (χ1v) is 25.4. The number of likely N-dealkylation sites (tertiary alicyclic amines) is 1. The van der Waals surface area contributed by atoms with Gasteiger partial charge in [0.15, 0.2) is 0 Å². The van der Waals surface area contributed by atoms with E-state index >= 15 is 0 Å². The van der Waals surface area contributed by atoms with Gasteiger partial charge in [0.2, 0.25) is 17.7 Å². The van der Waals surface area contributed by atoms with Crippen LogP contribution < -0.4 is 26.0 Å². The molecular weight excluding hydrogens is 988 g/mol. The highest BCUT2D eigenvalue weighted by Crippen LogP contribution is 2.32. The molecule has 6 N–H and O–H groups in total. The SMILES string of the molecule is CN(C)Cc1ncc(-c2ccc(Oc3cc(Cl)ccc3CN[C@@H](CCNC(=O)OC(C)(C)C)C(=O)N[C@@H](CO)C(=O)N[C@@]3(Cc4ccc(Cl)cc4)CCCN(C(=O)[C@@H](CC(=O)O)Cc4ccccc4)C3)cc2)n1C. The maximum absolute atomic E-state index is 14.5. The lowest BCUT2D eigenvalue weighted by Crippen LogP contribution is -2.65. The number of alkyl carbamates (subject to hydrolysis) is 1. The molecule has 1 fully saturated rings. The molecule has 4 aromatic carbocycles. The Kier molecular flexibility index (Phi) is 20.0. The summed E-state index contributed by atoms with van der Waals surface area (Å²) in [5, 5.41) is 33.3. The van der Waals surface area contributed by atoms with Crippen molar-refractivity contribution >= 4 is 53.0 Å². The lowest BCUT2D eigenvalue weighted by molar-refractivity contribution is -0.146. The maximum atomic E-state index is 14.5. The van der Waals surface area contributed by atoms with Gasteiger partial charge in [0.1, 0.15) is 29.0 Å². The van der Waals surface area contributed by atoms with Crippen LogP contribution in [0.3, 0.4) is 0 Å². The fourth-order valence-corrected chi connectivity index (χ4v) is 9.25. The predicted octanol–water partition coefficient (Wildman–Crippen LogP) is 7.15. The second kappa shape index (κ2) is 26.1. The molecule has 74 heavy (non-hydrogen) atoms. The summed E-state index contributed by atoms with van der Waals surface area (Å²) < 4.78 is 13.8. The number of aliphatic hydroxyl groups is 1. The van der Waals surface area contributed by atoms with Gasteiger partial charge in [-0.1, -0.05) is 71.7 Å². The second-order valence-corrected chi connectivity index (χ2v) is 20.9. The number of rotatable bonds is 23. The molecule has 0 saturated carbocycles. The van der Waals surface area contributed by atoms with Crippen LogP contribution in [0.15, 0.2) is 103 Å². The number of ether oxygens (including phenoxy) is 2. The Morgan fingerprint density at radius 2 is 1.59 bits per heavy atom. The molecule has 5 aromatic rings. The number of carbonyl (C=O) groups is 5. The average molecular weight is 1060 g/mol. The number of aliphatic carboxylic acids is 1. The number of aliphatic hydroxyl groups excluding tert-OH is 1. The molecule has 1 aliphatic heterocycles. The largest absolute Gasteiger partial charge is 0.481 e. The minimum absolute atomic E-state index is 0.000818. The maximum Gasteiger partial charge on any atom is 0.407 e. The Hall–Kier alpha value is -6.50. The van der Waals surface area contributed by atoms with E-state index < -0.39 is 59.6 Å². The summed E-state index contributed by atoms with van der Waals surface area (Å²) in [5.41, 5.74) is 2.30. The first kappa shape index (κ1) is 56.8. The average Bonchev–Trinajstić information content (AvgIpc) is 3.70. The molecule has 19 heteroatoms. The van der Waals surface area contributed by atoms with E-state index in [4.69, 9.17) is 32.7 Å². The Balaban J connectivity index is 1.20. The van der Waals surface area contributed by atoms with Crippen molar-refractivity contribution < 1.29 is 43.7 Å². The smallest absolute Gasteiger partial charge is 0.407 e. The molecule has 4 atom stereocenters. The molecule has 1 saturated heterocycles. The Labute approximate surface area is 442 Å². The van der Waals surface area contributed by atoms with Crippen molar-refractivity contribution in [3.05, 3.63) is 136 Å². The number of halogens is 2. The first-order valence-electron chi connectivity index (χ1n) is 24.6. The fraction of sp³-hybridized carbons (Fsp3) is 0.418. The van der Waals surface area contributed by atoms with Gasteiger partial charge in [-0.2, -0.15) is 0 Å². The fourth-order valence-electron chi connectivity index (χ4n) is 8.96. The second-order valence-electron chi connectivity index (χ2n) is 20.1. The summed E-state index contributed by atoms with van der Waals surface area (Å²) in [6.45, 7) is 5.57. The number of benzene rings is 4. The quantitative estimate of drug-likeness (QED) is 0.0385. The van der Waals surface area contributed by atoms with Crippen molar-refractivity contribution in [2.75, 3.05) is 40.3 Å². The number of imidazole rings is 1. The molecule has 0 bridgehead atoms.